The van der Waals surface area contributed by atoms with E-state index in [0.717, 1.165) is 122 Å². The molecular weight excluding hydrogens is 1000 g/mol. The van der Waals surface area contributed by atoms with E-state index in [2.05, 4.69) is 148 Å². The van der Waals surface area contributed by atoms with Crippen LogP contribution in [0.1, 0.15) is 239 Å². The number of rotatable bonds is 55. The number of unbranched alkanes of at least 4 members (excludes halogenated alkanes) is 19. The van der Waals surface area contributed by atoms with Gasteiger partial charge < -0.3 is 28.5 Å². The minimum absolute atomic E-state index is 0.0396. The molecular formula is C69H117N2O7P. The van der Waals surface area contributed by atoms with Gasteiger partial charge in [0.1, 0.15) is 19.3 Å². The van der Waals surface area contributed by atoms with Crippen LogP contribution in [0.15, 0.2) is 134 Å². The van der Waals surface area contributed by atoms with E-state index in [0.29, 0.717) is 17.4 Å². The number of likely N-dealkylation sites (N-methyl/N-ethyl adjacent to an activating group) is 1. The molecule has 0 spiro atoms. The van der Waals surface area contributed by atoms with E-state index in [4.69, 9.17) is 13.8 Å². The second-order valence-electron chi connectivity index (χ2n) is 21.8. The van der Waals surface area contributed by atoms with Gasteiger partial charge in [-0.15, -0.1) is 0 Å². The van der Waals surface area contributed by atoms with E-state index in [1.54, 1.807) is 6.08 Å². The van der Waals surface area contributed by atoms with E-state index in [1.165, 1.54) is 77.0 Å². The number of allylic oxidation sites excluding steroid dienone is 21. The van der Waals surface area contributed by atoms with Gasteiger partial charge in [0.15, 0.2) is 0 Å². The highest BCUT2D eigenvalue weighted by Crippen LogP contribution is 2.38. The molecule has 0 aliphatic heterocycles. The second-order valence-corrected chi connectivity index (χ2v) is 23.2. The maximum atomic E-state index is 13.5. The van der Waals surface area contributed by atoms with Crippen LogP contribution in [0.5, 0.6) is 0 Å². The maximum absolute atomic E-state index is 13.5. The molecule has 450 valence electrons. The van der Waals surface area contributed by atoms with Crippen molar-refractivity contribution in [2.75, 3.05) is 40.9 Å². The second kappa shape index (κ2) is 57.4. The summed E-state index contributed by atoms with van der Waals surface area (Å²) < 4.78 is 30.2. The highest BCUT2D eigenvalue weighted by atomic mass is 31.2. The van der Waals surface area contributed by atoms with Crippen LogP contribution in [-0.4, -0.2) is 69.4 Å². The first-order chi connectivity index (χ1) is 38.4. The summed E-state index contributed by atoms with van der Waals surface area (Å²) >= 11 is 0. The summed E-state index contributed by atoms with van der Waals surface area (Å²) in [6.07, 6.45) is 81.5. The standard InChI is InChI=1S/C69H117N2O7P/c1-7-10-13-16-19-22-25-27-29-31-32-33-34-35-36-37-38-40-41-43-46-49-52-55-58-61-68(72)70-66(65-77-79(74,75)76-64-63-71(4,5)6)67(60-57-54-51-48-45-24-21-18-15-12-9-3)78-69(73)62-59-56-53-50-47-44-42-39-30-28-26-23-20-17-14-11-8-2/h10-11,13-14,19-20,22-23,27-30,32-33,35-36,42,44,50,53,57,60,66-67H,7-9,12,15-18,21,24-26,31,34,37-41,43,45-49,51-52,54-56,58-59,61-65H2,1-6H3,(H-,70,72,74,75)/b13-10-,14-11-,22-19-,23-20-,29-27-,30-28-,33-32-,36-35-,44-42-,53-50-,60-57-. The third kappa shape index (κ3) is 58.6. The van der Waals surface area contributed by atoms with Crippen molar-refractivity contribution in [3.8, 4) is 0 Å². The molecule has 10 heteroatoms. The third-order valence-electron chi connectivity index (χ3n) is 13.1. The molecule has 1 N–H and O–H groups in total. The number of esters is 1. The zero-order valence-corrected chi connectivity index (χ0v) is 52.2. The molecule has 0 heterocycles. The SMILES string of the molecule is CC/C=C\C/C=C\C/C=C\C/C=C\C/C=C\CCCCCCCCCCCC(=O)NC(COP(=O)([O-])OCC[N+](C)(C)C)C(/C=C\CCCCCCCCCCC)OC(=O)CCC/C=C\C/C=C\C/C=C\C/C=C\C/C=C\CC. The average Bonchev–Trinajstić information content (AvgIpc) is 3.41. The van der Waals surface area contributed by atoms with E-state index in [1.807, 2.05) is 27.2 Å². The molecule has 0 saturated carbocycles. The van der Waals surface area contributed by atoms with Crippen molar-refractivity contribution in [1.82, 2.24) is 5.32 Å². The Balaban J connectivity index is 5.24. The zero-order valence-electron chi connectivity index (χ0n) is 51.3. The lowest BCUT2D eigenvalue weighted by Crippen LogP contribution is -2.47. The highest BCUT2D eigenvalue weighted by Gasteiger charge is 2.27. The van der Waals surface area contributed by atoms with Crippen molar-refractivity contribution in [3.05, 3.63) is 134 Å². The van der Waals surface area contributed by atoms with Gasteiger partial charge in [-0.05, 0) is 115 Å². The molecule has 1 amide bonds. The molecule has 0 aromatic heterocycles. The summed E-state index contributed by atoms with van der Waals surface area (Å²) in [7, 11) is 1.13. The first kappa shape index (κ1) is 75.2. The van der Waals surface area contributed by atoms with Crippen LogP contribution in [0.2, 0.25) is 0 Å². The number of carbonyl (C=O) groups is 2. The van der Waals surface area contributed by atoms with Crippen LogP contribution in [-0.2, 0) is 27.9 Å². The normalized spacial score (nSPS) is 14.6. The molecule has 0 aliphatic rings. The average molecular weight is 1120 g/mol. The highest BCUT2D eigenvalue weighted by molar-refractivity contribution is 7.45. The van der Waals surface area contributed by atoms with Gasteiger partial charge in [-0.25, -0.2) is 0 Å². The van der Waals surface area contributed by atoms with Gasteiger partial charge >= 0.3 is 5.97 Å². The van der Waals surface area contributed by atoms with Crippen LogP contribution >= 0.6 is 7.82 Å². The largest absolute Gasteiger partial charge is 0.756 e. The van der Waals surface area contributed by atoms with Gasteiger partial charge in [0.05, 0.1) is 33.8 Å². The summed E-state index contributed by atoms with van der Waals surface area (Å²) in [5.41, 5.74) is 0. The van der Waals surface area contributed by atoms with Gasteiger partial charge in [0, 0.05) is 12.8 Å². The minimum Gasteiger partial charge on any atom is -0.756 e. The van der Waals surface area contributed by atoms with Crippen molar-refractivity contribution >= 4 is 19.7 Å². The predicted molar refractivity (Wildman–Crippen MR) is 339 cm³/mol. The Morgan fingerprint density at radius 2 is 0.823 bits per heavy atom. The zero-order chi connectivity index (χ0) is 57.9. The fourth-order valence-electron chi connectivity index (χ4n) is 8.29. The number of carbonyl (C=O) groups excluding carboxylic acids is 2. The van der Waals surface area contributed by atoms with Crippen molar-refractivity contribution in [2.45, 2.75) is 251 Å². The van der Waals surface area contributed by atoms with Gasteiger partial charge in [-0.3, -0.25) is 14.2 Å². The molecule has 0 aromatic rings. The fourth-order valence-corrected chi connectivity index (χ4v) is 9.01. The lowest BCUT2D eigenvalue weighted by molar-refractivity contribution is -0.870. The lowest BCUT2D eigenvalue weighted by Gasteiger charge is -2.30. The summed E-state index contributed by atoms with van der Waals surface area (Å²) in [6.45, 7) is 6.55. The molecule has 3 unspecified atom stereocenters. The van der Waals surface area contributed by atoms with Crippen molar-refractivity contribution in [2.24, 2.45) is 0 Å². The predicted octanol–water partition coefficient (Wildman–Crippen LogP) is 19.0. The lowest BCUT2D eigenvalue weighted by atomic mass is 10.0. The Hall–Kier alpha value is -3.85. The van der Waals surface area contributed by atoms with E-state index in [9.17, 15) is 19.0 Å². The molecule has 0 fully saturated rings. The van der Waals surface area contributed by atoms with Gasteiger partial charge in [-0.1, -0.05) is 245 Å². The van der Waals surface area contributed by atoms with Crippen LogP contribution in [0.4, 0.5) is 0 Å². The van der Waals surface area contributed by atoms with Crippen molar-refractivity contribution in [3.63, 3.8) is 0 Å². The molecule has 0 bridgehead atoms. The third-order valence-corrected chi connectivity index (χ3v) is 14.0. The fraction of sp³-hybridized carbons (Fsp3) is 0.652. The number of ether oxygens (including phenoxy) is 1. The Morgan fingerprint density at radius 1 is 0.456 bits per heavy atom. The summed E-state index contributed by atoms with van der Waals surface area (Å²) in [5, 5.41) is 3.01. The molecule has 0 radical (unpaired) electrons. The van der Waals surface area contributed by atoms with Crippen LogP contribution in [0.25, 0.3) is 0 Å². The number of amides is 1. The smallest absolute Gasteiger partial charge is 0.306 e. The first-order valence-electron chi connectivity index (χ1n) is 31.5. The number of nitrogens with zero attached hydrogens (tertiary/aromatic N) is 1. The number of nitrogens with one attached hydrogen (secondary N) is 1. The van der Waals surface area contributed by atoms with Gasteiger partial charge in [0.25, 0.3) is 7.82 Å². The first-order valence-corrected chi connectivity index (χ1v) is 33.0. The quantitative estimate of drug-likeness (QED) is 0.0212. The summed E-state index contributed by atoms with van der Waals surface area (Å²) in [6, 6.07) is -0.924. The number of quaternary nitrogens is 1. The topological polar surface area (TPSA) is 114 Å². The van der Waals surface area contributed by atoms with Crippen LogP contribution in [0, 0.1) is 0 Å². The molecule has 0 rings (SSSR count). The summed E-state index contributed by atoms with van der Waals surface area (Å²) in [5.74, 6) is -0.626. The van der Waals surface area contributed by atoms with E-state index >= 15 is 0 Å². The molecule has 0 aromatic carbocycles. The van der Waals surface area contributed by atoms with Gasteiger partial charge in [0.2, 0.25) is 5.91 Å². The Labute approximate surface area is 485 Å². The molecule has 79 heavy (non-hydrogen) atoms. The number of hydrogen-bond acceptors (Lipinski definition) is 7. The molecule has 0 aliphatic carbocycles. The van der Waals surface area contributed by atoms with Crippen molar-refractivity contribution < 1.29 is 37.3 Å². The van der Waals surface area contributed by atoms with Crippen LogP contribution < -0.4 is 10.2 Å². The summed E-state index contributed by atoms with van der Waals surface area (Å²) in [4.78, 5) is 40.0. The molecule has 0 saturated heterocycles. The monoisotopic (exact) mass is 1120 g/mol. The number of phosphoric acid groups is 1. The maximum Gasteiger partial charge on any atom is 0.306 e. The Morgan fingerprint density at radius 3 is 1.24 bits per heavy atom. The van der Waals surface area contributed by atoms with Gasteiger partial charge in [-0.2, -0.15) is 0 Å². The van der Waals surface area contributed by atoms with Crippen LogP contribution in [0.3, 0.4) is 0 Å². The number of hydrogen-bond donors (Lipinski definition) is 1. The molecule has 3 atom stereocenters. The molecule has 9 nitrogen and oxygen atoms in total. The van der Waals surface area contributed by atoms with E-state index in [-0.39, 0.29) is 25.4 Å². The Bertz CT molecular complexity index is 1810. The van der Waals surface area contributed by atoms with E-state index < -0.39 is 32.5 Å². The Kier molecular flexibility index (Phi) is 54.6. The number of phosphoric ester groups is 1. The minimum atomic E-state index is -4.72. The van der Waals surface area contributed by atoms with Crippen molar-refractivity contribution in [1.29, 1.82) is 0 Å².